The van der Waals surface area contributed by atoms with Crippen LogP contribution in [0.25, 0.3) is 0 Å². The Hall–Kier alpha value is -1.56. The molecule has 6 heteroatoms. The van der Waals surface area contributed by atoms with Gasteiger partial charge in [-0.15, -0.1) is 10.2 Å². The predicted molar refractivity (Wildman–Crippen MR) is 55.4 cm³/mol. The average Bonchev–Trinajstić information content (AvgIpc) is 2.23. The molecule has 0 saturated carbocycles. The lowest BCUT2D eigenvalue weighted by Crippen LogP contribution is -2.32. The zero-order chi connectivity index (χ0) is 11.1. The van der Waals surface area contributed by atoms with Gasteiger partial charge in [-0.25, -0.2) is 4.99 Å². The van der Waals surface area contributed by atoms with Crippen LogP contribution in [0.1, 0.15) is 19.3 Å². The van der Waals surface area contributed by atoms with Crippen molar-refractivity contribution in [3.05, 3.63) is 12.3 Å². The minimum atomic E-state index is -0.362. The van der Waals surface area contributed by atoms with Gasteiger partial charge in [0.15, 0.2) is 0 Å². The Morgan fingerprint density at radius 1 is 1.33 bits per heavy atom. The first-order valence-electron chi connectivity index (χ1n) is 4.81. The highest BCUT2D eigenvalue weighted by Crippen LogP contribution is 2.01. The summed E-state index contributed by atoms with van der Waals surface area (Å²) in [5.74, 6) is -0.129. The molecule has 0 atom stereocenters. The van der Waals surface area contributed by atoms with Crippen LogP contribution in [0.15, 0.2) is 27.5 Å². The van der Waals surface area contributed by atoms with Crippen LogP contribution in [-0.4, -0.2) is 30.1 Å². The van der Waals surface area contributed by atoms with Gasteiger partial charge in [0.25, 0.3) is 5.91 Å². The van der Waals surface area contributed by atoms with Crippen LogP contribution >= 0.6 is 0 Å². The van der Waals surface area contributed by atoms with E-state index in [-0.39, 0.29) is 24.2 Å². The molecule has 1 aliphatic rings. The number of amides is 1. The molecular weight excluding hydrogens is 196 g/mol. The van der Waals surface area contributed by atoms with Crippen molar-refractivity contribution < 1.29 is 9.90 Å². The number of aliphatic imine (C=N–C) groups is 1. The predicted octanol–water partition coefficient (Wildman–Crippen LogP) is 0.601. The highest BCUT2D eigenvalue weighted by molar-refractivity contribution is 6.06. The monoisotopic (exact) mass is 210 g/mol. The van der Waals surface area contributed by atoms with E-state index in [4.69, 9.17) is 5.11 Å². The van der Waals surface area contributed by atoms with E-state index >= 15 is 0 Å². The summed E-state index contributed by atoms with van der Waals surface area (Å²) >= 11 is 0. The SMILES string of the molecule is C=C1N=NC(=NCCCCCO)NC1=O. The standard InChI is InChI=1S/C9H14N4O2/c1-7-8(15)11-9(13-12-7)10-5-3-2-4-6-14/h14H,1-6H2,(H,10,11,15). The topological polar surface area (TPSA) is 86.4 Å². The van der Waals surface area contributed by atoms with Crippen molar-refractivity contribution in [2.75, 3.05) is 13.2 Å². The Bertz CT molecular complexity index is 309. The van der Waals surface area contributed by atoms with Gasteiger partial charge in [-0.3, -0.25) is 10.1 Å². The van der Waals surface area contributed by atoms with Gasteiger partial charge in [0.1, 0.15) is 5.70 Å². The Morgan fingerprint density at radius 2 is 2.13 bits per heavy atom. The third kappa shape index (κ3) is 3.99. The summed E-state index contributed by atoms with van der Waals surface area (Å²) in [6, 6.07) is 0. The van der Waals surface area contributed by atoms with Crippen LogP contribution in [0, 0.1) is 0 Å². The van der Waals surface area contributed by atoms with Crippen molar-refractivity contribution in [3.63, 3.8) is 0 Å². The van der Waals surface area contributed by atoms with E-state index in [2.05, 4.69) is 27.1 Å². The molecule has 0 bridgehead atoms. The lowest BCUT2D eigenvalue weighted by atomic mass is 10.2. The maximum Gasteiger partial charge on any atom is 0.277 e. The van der Waals surface area contributed by atoms with Gasteiger partial charge in [0.05, 0.1) is 0 Å². The van der Waals surface area contributed by atoms with E-state index in [0.717, 1.165) is 19.3 Å². The van der Waals surface area contributed by atoms with Crippen molar-refractivity contribution in [3.8, 4) is 0 Å². The molecule has 2 N–H and O–H groups in total. The molecule has 0 radical (unpaired) electrons. The van der Waals surface area contributed by atoms with Crippen LogP contribution < -0.4 is 5.32 Å². The second kappa shape index (κ2) is 6.02. The molecule has 6 nitrogen and oxygen atoms in total. The molecule has 1 aliphatic heterocycles. The summed E-state index contributed by atoms with van der Waals surface area (Å²) in [7, 11) is 0. The maximum atomic E-state index is 11.1. The Morgan fingerprint density at radius 3 is 2.80 bits per heavy atom. The molecule has 0 aromatic rings. The van der Waals surface area contributed by atoms with Gasteiger partial charge in [0, 0.05) is 13.2 Å². The van der Waals surface area contributed by atoms with Gasteiger partial charge in [-0.05, 0) is 19.3 Å². The Kier molecular flexibility index (Phi) is 4.62. The molecule has 0 fully saturated rings. The van der Waals surface area contributed by atoms with Crippen molar-refractivity contribution in [1.82, 2.24) is 5.32 Å². The number of rotatable bonds is 5. The molecule has 0 aliphatic carbocycles. The van der Waals surface area contributed by atoms with Gasteiger partial charge >= 0.3 is 0 Å². The molecule has 0 aromatic carbocycles. The largest absolute Gasteiger partial charge is 0.396 e. The summed E-state index contributed by atoms with van der Waals surface area (Å²) in [5, 5.41) is 18.2. The molecule has 1 amide bonds. The quantitative estimate of drug-likeness (QED) is 0.514. The van der Waals surface area contributed by atoms with Crippen LogP contribution in [-0.2, 0) is 4.79 Å². The number of carbonyl (C=O) groups is 1. The maximum absolute atomic E-state index is 11.1. The summed E-state index contributed by atoms with van der Waals surface area (Å²) in [4.78, 5) is 15.1. The van der Waals surface area contributed by atoms with Crippen LogP contribution in [0.4, 0.5) is 0 Å². The lowest BCUT2D eigenvalue weighted by Gasteiger charge is -2.07. The summed E-state index contributed by atoms with van der Waals surface area (Å²) in [5.41, 5.74) is 0.0919. The molecule has 1 rings (SSSR count). The van der Waals surface area contributed by atoms with Crippen LogP contribution in [0.2, 0.25) is 0 Å². The Balaban J connectivity index is 2.31. The number of unbranched alkanes of at least 4 members (excludes halogenated alkanes) is 2. The first kappa shape index (κ1) is 11.5. The van der Waals surface area contributed by atoms with E-state index in [1.807, 2.05) is 0 Å². The normalized spacial score (nSPS) is 18.3. The fourth-order valence-electron chi connectivity index (χ4n) is 1.01. The third-order valence-corrected chi connectivity index (χ3v) is 1.83. The summed E-state index contributed by atoms with van der Waals surface area (Å²) in [6.07, 6.45) is 2.54. The lowest BCUT2D eigenvalue weighted by molar-refractivity contribution is -0.116. The van der Waals surface area contributed by atoms with E-state index < -0.39 is 0 Å². The average molecular weight is 210 g/mol. The number of guanidine groups is 1. The molecule has 0 aromatic heterocycles. The first-order valence-corrected chi connectivity index (χ1v) is 4.81. The number of nitrogens with zero attached hydrogens (tertiary/aromatic N) is 3. The zero-order valence-electron chi connectivity index (χ0n) is 8.44. The highest BCUT2D eigenvalue weighted by atomic mass is 16.2. The molecule has 0 unspecified atom stereocenters. The van der Waals surface area contributed by atoms with E-state index in [1.165, 1.54) is 0 Å². The Labute approximate surface area is 87.8 Å². The van der Waals surface area contributed by atoms with Gasteiger partial charge < -0.3 is 5.11 Å². The smallest absolute Gasteiger partial charge is 0.277 e. The van der Waals surface area contributed by atoms with Crippen molar-refractivity contribution in [1.29, 1.82) is 0 Å². The van der Waals surface area contributed by atoms with E-state index in [0.29, 0.717) is 6.54 Å². The third-order valence-electron chi connectivity index (χ3n) is 1.83. The van der Waals surface area contributed by atoms with Crippen molar-refractivity contribution in [2.45, 2.75) is 19.3 Å². The molecule has 0 spiro atoms. The number of aliphatic hydroxyl groups excluding tert-OH is 1. The number of hydrogen-bond acceptors (Lipinski definition) is 4. The fraction of sp³-hybridized carbons (Fsp3) is 0.556. The minimum absolute atomic E-state index is 0.0919. The second-order valence-corrected chi connectivity index (χ2v) is 3.09. The van der Waals surface area contributed by atoms with Crippen LogP contribution in [0.3, 0.4) is 0 Å². The molecular formula is C9H14N4O2. The second-order valence-electron chi connectivity index (χ2n) is 3.09. The highest BCUT2D eigenvalue weighted by Gasteiger charge is 2.13. The zero-order valence-corrected chi connectivity index (χ0v) is 8.44. The molecule has 0 saturated heterocycles. The van der Waals surface area contributed by atoms with E-state index in [1.54, 1.807) is 0 Å². The number of nitrogens with one attached hydrogen (secondary N) is 1. The summed E-state index contributed by atoms with van der Waals surface area (Å²) in [6.45, 7) is 4.17. The minimum Gasteiger partial charge on any atom is -0.396 e. The number of azo groups is 1. The molecule has 1 heterocycles. The van der Waals surface area contributed by atoms with Gasteiger partial charge in [-0.2, -0.15) is 0 Å². The van der Waals surface area contributed by atoms with Crippen molar-refractivity contribution >= 4 is 11.9 Å². The first-order chi connectivity index (χ1) is 7.24. The van der Waals surface area contributed by atoms with Gasteiger partial charge in [-0.1, -0.05) is 6.58 Å². The molecule has 15 heavy (non-hydrogen) atoms. The number of carbonyl (C=O) groups excluding carboxylic acids is 1. The number of hydrogen-bond donors (Lipinski definition) is 2. The fourth-order valence-corrected chi connectivity index (χ4v) is 1.01. The van der Waals surface area contributed by atoms with Gasteiger partial charge in [0.2, 0.25) is 5.96 Å². The van der Waals surface area contributed by atoms with E-state index in [9.17, 15) is 4.79 Å². The molecule has 82 valence electrons. The number of aliphatic hydroxyl groups is 1. The summed E-state index contributed by atoms with van der Waals surface area (Å²) < 4.78 is 0. The van der Waals surface area contributed by atoms with Crippen LogP contribution in [0.5, 0.6) is 0 Å². The van der Waals surface area contributed by atoms with Crippen molar-refractivity contribution in [2.24, 2.45) is 15.2 Å².